The van der Waals surface area contributed by atoms with Crippen molar-refractivity contribution >= 4 is 0 Å². The van der Waals surface area contributed by atoms with E-state index in [1.165, 1.54) is 0 Å². The first kappa shape index (κ1) is 14.6. The van der Waals surface area contributed by atoms with Crippen LogP contribution in [0.15, 0.2) is 12.7 Å². The van der Waals surface area contributed by atoms with Gasteiger partial charge in [-0.05, 0) is 13.8 Å². The monoisotopic (exact) mass is 246 g/mol. The fourth-order valence-electron chi connectivity index (χ4n) is 1.63. The van der Waals surface area contributed by atoms with Crippen molar-refractivity contribution in [1.82, 2.24) is 0 Å². The molecule has 3 atom stereocenters. The molecule has 0 aromatic carbocycles. The quantitative estimate of drug-likeness (QED) is 0.536. The summed E-state index contributed by atoms with van der Waals surface area (Å²) >= 11 is 0. The Morgan fingerprint density at radius 2 is 2.18 bits per heavy atom. The van der Waals surface area contributed by atoms with Crippen LogP contribution in [-0.2, 0) is 14.2 Å². The highest BCUT2D eigenvalue weighted by atomic mass is 16.7. The molecule has 0 saturated carbocycles. The van der Waals surface area contributed by atoms with E-state index >= 15 is 0 Å². The van der Waals surface area contributed by atoms with E-state index in [2.05, 4.69) is 6.58 Å². The van der Waals surface area contributed by atoms with Gasteiger partial charge in [0.05, 0.1) is 25.4 Å². The first-order chi connectivity index (χ1) is 7.90. The second kappa shape index (κ2) is 6.47. The van der Waals surface area contributed by atoms with E-state index in [0.29, 0.717) is 19.4 Å². The summed E-state index contributed by atoms with van der Waals surface area (Å²) in [6.45, 7) is 7.27. The van der Waals surface area contributed by atoms with Crippen LogP contribution in [0.2, 0.25) is 0 Å². The number of rotatable bonds is 6. The summed E-state index contributed by atoms with van der Waals surface area (Å²) in [6, 6.07) is 0. The molecule has 0 aliphatic carbocycles. The molecule has 5 nitrogen and oxygen atoms in total. The van der Waals surface area contributed by atoms with Gasteiger partial charge in [0.2, 0.25) is 0 Å². The van der Waals surface area contributed by atoms with Crippen LogP contribution in [0.1, 0.15) is 26.7 Å². The molecular formula is C12H22O5. The Balaban J connectivity index is 2.36. The summed E-state index contributed by atoms with van der Waals surface area (Å²) in [4.78, 5) is 0. The molecule has 17 heavy (non-hydrogen) atoms. The molecule has 0 amide bonds. The molecule has 0 spiro atoms. The van der Waals surface area contributed by atoms with Crippen LogP contribution in [0.3, 0.4) is 0 Å². The average molecular weight is 246 g/mol. The molecule has 1 rings (SSSR count). The zero-order chi connectivity index (χ0) is 12.9. The average Bonchev–Trinajstić information content (AvgIpc) is 2.22. The summed E-state index contributed by atoms with van der Waals surface area (Å²) in [6.07, 6.45) is 1.41. The van der Waals surface area contributed by atoms with E-state index in [1.54, 1.807) is 19.9 Å². The lowest BCUT2D eigenvalue weighted by Crippen LogP contribution is -2.41. The molecule has 100 valence electrons. The minimum absolute atomic E-state index is 0.231. The first-order valence-electron chi connectivity index (χ1n) is 5.83. The highest BCUT2D eigenvalue weighted by Crippen LogP contribution is 2.21. The maximum atomic E-state index is 9.67. The highest BCUT2D eigenvalue weighted by Gasteiger charge is 2.30. The topological polar surface area (TPSA) is 68.2 Å². The van der Waals surface area contributed by atoms with Crippen molar-refractivity contribution in [2.24, 2.45) is 0 Å². The third-order valence-electron chi connectivity index (χ3n) is 2.37. The Hall–Kier alpha value is -0.460. The fraction of sp³-hybridized carbons (Fsp3) is 0.833. The van der Waals surface area contributed by atoms with E-state index in [1.807, 2.05) is 0 Å². The van der Waals surface area contributed by atoms with Crippen LogP contribution in [0.25, 0.3) is 0 Å². The van der Waals surface area contributed by atoms with Gasteiger partial charge in [-0.2, -0.15) is 0 Å². The van der Waals surface area contributed by atoms with Gasteiger partial charge < -0.3 is 24.4 Å². The van der Waals surface area contributed by atoms with Gasteiger partial charge in [0.15, 0.2) is 12.1 Å². The van der Waals surface area contributed by atoms with Crippen molar-refractivity contribution in [1.29, 1.82) is 0 Å². The molecule has 0 aromatic heterocycles. The lowest BCUT2D eigenvalue weighted by atomic mass is 10.1. The van der Waals surface area contributed by atoms with Crippen molar-refractivity contribution in [3.63, 3.8) is 0 Å². The molecule has 1 aliphatic heterocycles. The lowest BCUT2D eigenvalue weighted by molar-refractivity contribution is -0.248. The van der Waals surface area contributed by atoms with Crippen LogP contribution in [0, 0.1) is 0 Å². The van der Waals surface area contributed by atoms with Gasteiger partial charge in [0, 0.05) is 12.8 Å². The Morgan fingerprint density at radius 3 is 2.76 bits per heavy atom. The summed E-state index contributed by atoms with van der Waals surface area (Å²) in [5, 5.41) is 19.1. The van der Waals surface area contributed by atoms with Crippen molar-refractivity contribution in [3.8, 4) is 0 Å². The summed E-state index contributed by atoms with van der Waals surface area (Å²) in [5.41, 5.74) is 0. The second-order valence-electron chi connectivity index (χ2n) is 4.69. The number of hydrogen-bond acceptors (Lipinski definition) is 5. The lowest BCUT2D eigenvalue weighted by Gasteiger charge is -2.33. The van der Waals surface area contributed by atoms with Gasteiger partial charge in [-0.25, -0.2) is 0 Å². The second-order valence-corrected chi connectivity index (χ2v) is 4.69. The van der Waals surface area contributed by atoms with E-state index < -0.39 is 18.2 Å². The Labute approximate surface area is 102 Å². The van der Waals surface area contributed by atoms with E-state index in [9.17, 15) is 10.2 Å². The van der Waals surface area contributed by atoms with Gasteiger partial charge >= 0.3 is 0 Å². The Kier molecular flexibility index (Phi) is 5.55. The molecule has 0 radical (unpaired) electrons. The summed E-state index contributed by atoms with van der Waals surface area (Å²) in [7, 11) is 0. The molecule has 2 N–H and O–H groups in total. The normalized spacial score (nSPS) is 30.2. The summed E-state index contributed by atoms with van der Waals surface area (Å²) in [5.74, 6) is -1.19. The molecule has 1 fully saturated rings. The van der Waals surface area contributed by atoms with Crippen LogP contribution >= 0.6 is 0 Å². The molecule has 1 saturated heterocycles. The van der Waals surface area contributed by atoms with Crippen molar-refractivity contribution in [2.75, 3.05) is 13.2 Å². The molecule has 5 heteroatoms. The molecule has 0 bridgehead atoms. The Bertz CT molecular complexity index is 236. The standard InChI is InChI=1S/C12H22O5/c1-4-5-15-11-7-9(13)6-10(17-11)8-16-12(2,3)14/h4,9-11,13-14H,1,5-8H2,2-3H3/t9?,10?,11-/m0/s1. The summed E-state index contributed by atoms with van der Waals surface area (Å²) < 4.78 is 16.1. The molecule has 0 aromatic rings. The first-order valence-corrected chi connectivity index (χ1v) is 5.83. The smallest absolute Gasteiger partial charge is 0.160 e. The van der Waals surface area contributed by atoms with E-state index in [4.69, 9.17) is 14.2 Å². The van der Waals surface area contributed by atoms with Crippen LogP contribution < -0.4 is 0 Å². The Morgan fingerprint density at radius 1 is 1.47 bits per heavy atom. The molecule has 2 unspecified atom stereocenters. The highest BCUT2D eigenvalue weighted by molar-refractivity contribution is 4.75. The number of aliphatic hydroxyl groups excluding tert-OH is 1. The van der Waals surface area contributed by atoms with E-state index in [-0.39, 0.29) is 12.7 Å². The van der Waals surface area contributed by atoms with Crippen molar-refractivity contribution in [2.45, 2.75) is 51.0 Å². The van der Waals surface area contributed by atoms with Gasteiger partial charge in [-0.15, -0.1) is 6.58 Å². The third kappa shape index (κ3) is 6.14. The maximum absolute atomic E-state index is 9.67. The largest absolute Gasteiger partial charge is 0.393 e. The fourth-order valence-corrected chi connectivity index (χ4v) is 1.63. The minimum atomic E-state index is -1.19. The molecule has 1 heterocycles. The number of hydrogen-bond donors (Lipinski definition) is 2. The number of aliphatic hydroxyl groups is 2. The molecular weight excluding hydrogens is 224 g/mol. The van der Waals surface area contributed by atoms with Gasteiger partial charge in [0.1, 0.15) is 0 Å². The van der Waals surface area contributed by atoms with Gasteiger partial charge in [-0.3, -0.25) is 0 Å². The number of ether oxygens (including phenoxy) is 3. The molecule has 1 aliphatic rings. The van der Waals surface area contributed by atoms with Crippen LogP contribution in [0.5, 0.6) is 0 Å². The third-order valence-corrected chi connectivity index (χ3v) is 2.37. The van der Waals surface area contributed by atoms with E-state index in [0.717, 1.165) is 0 Å². The SMILES string of the molecule is C=CCO[C@@H]1CC(O)CC(COC(C)(C)O)O1. The van der Waals surface area contributed by atoms with Gasteiger partial charge in [-0.1, -0.05) is 6.08 Å². The zero-order valence-electron chi connectivity index (χ0n) is 10.5. The minimum Gasteiger partial charge on any atom is -0.393 e. The zero-order valence-corrected chi connectivity index (χ0v) is 10.5. The van der Waals surface area contributed by atoms with Gasteiger partial charge in [0.25, 0.3) is 0 Å². The predicted molar refractivity (Wildman–Crippen MR) is 62.3 cm³/mol. The van der Waals surface area contributed by atoms with Crippen molar-refractivity contribution < 1.29 is 24.4 Å². The van der Waals surface area contributed by atoms with Crippen LogP contribution in [-0.4, -0.2) is 47.7 Å². The van der Waals surface area contributed by atoms with Crippen LogP contribution in [0.4, 0.5) is 0 Å². The van der Waals surface area contributed by atoms with Crippen molar-refractivity contribution in [3.05, 3.63) is 12.7 Å². The maximum Gasteiger partial charge on any atom is 0.160 e. The predicted octanol–water partition coefficient (Wildman–Crippen LogP) is 0.800.